The number of carboxylic acids is 1. The van der Waals surface area contributed by atoms with E-state index in [1.807, 2.05) is 20.8 Å². The second-order valence-electron chi connectivity index (χ2n) is 4.78. The third kappa shape index (κ3) is 3.57. The molecule has 1 heterocycles. The average Bonchev–Trinajstić information content (AvgIpc) is 2.62. The molecule has 0 aliphatic rings. The number of aromatic carboxylic acids is 1. The van der Waals surface area contributed by atoms with Gasteiger partial charge in [0, 0.05) is 18.1 Å². The molecule has 0 aliphatic carbocycles. The van der Waals surface area contributed by atoms with Crippen molar-refractivity contribution in [1.29, 1.82) is 0 Å². The maximum Gasteiger partial charge on any atom is 0.371 e. The molecule has 1 rings (SSSR count). The molecule has 0 atom stereocenters. The standard InChI is InChI=1S/C12H18O5/c1-12(2,3)10-8(6-16-7-15-4)5-9(17-10)11(13)14/h5H,6-7H2,1-4H3,(H,13,14). The summed E-state index contributed by atoms with van der Waals surface area (Å²) in [5.41, 5.74) is 0.478. The van der Waals surface area contributed by atoms with E-state index in [0.29, 0.717) is 5.76 Å². The van der Waals surface area contributed by atoms with Gasteiger partial charge < -0.3 is 19.0 Å². The quantitative estimate of drug-likeness (QED) is 0.634. The normalized spacial score (nSPS) is 11.8. The highest BCUT2D eigenvalue weighted by Crippen LogP contribution is 2.29. The van der Waals surface area contributed by atoms with E-state index in [0.717, 1.165) is 5.56 Å². The van der Waals surface area contributed by atoms with E-state index in [-0.39, 0.29) is 24.6 Å². The van der Waals surface area contributed by atoms with Gasteiger partial charge in [-0.1, -0.05) is 20.8 Å². The Balaban J connectivity index is 2.96. The number of furan rings is 1. The Bertz CT molecular complexity index is 386. The minimum Gasteiger partial charge on any atom is -0.475 e. The van der Waals surface area contributed by atoms with Gasteiger partial charge in [0.05, 0.1) is 6.61 Å². The van der Waals surface area contributed by atoms with E-state index in [2.05, 4.69) is 0 Å². The molecule has 5 heteroatoms. The van der Waals surface area contributed by atoms with Crippen LogP contribution in [0.1, 0.15) is 42.6 Å². The second-order valence-corrected chi connectivity index (χ2v) is 4.78. The molecule has 0 amide bonds. The number of methoxy groups -OCH3 is 1. The van der Waals surface area contributed by atoms with E-state index in [4.69, 9.17) is 19.0 Å². The fourth-order valence-corrected chi connectivity index (χ4v) is 1.51. The van der Waals surface area contributed by atoms with Crippen LogP contribution >= 0.6 is 0 Å². The Kier molecular flexibility index (Phi) is 4.31. The third-order valence-corrected chi connectivity index (χ3v) is 2.16. The molecular weight excluding hydrogens is 224 g/mol. The molecule has 17 heavy (non-hydrogen) atoms. The van der Waals surface area contributed by atoms with Gasteiger partial charge in [0.1, 0.15) is 12.6 Å². The Morgan fingerprint density at radius 2 is 2.12 bits per heavy atom. The average molecular weight is 242 g/mol. The topological polar surface area (TPSA) is 68.9 Å². The van der Waals surface area contributed by atoms with Gasteiger partial charge in [-0.3, -0.25) is 0 Å². The largest absolute Gasteiger partial charge is 0.475 e. The van der Waals surface area contributed by atoms with Crippen LogP contribution in [0.3, 0.4) is 0 Å². The zero-order chi connectivity index (χ0) is 13.1. The summed E-state index contributed by atoms with van der Waals surface area (Å²) in [6, 6.07) is 1.50. The Labute approximate surface area is 100 Å². The number of hydrogen-bond donors (Lipinski definition) is 1. The van der Waals surface area contributed by atoms with Crippen LogP contribution in [-0.4, -0.2) is 25.0 Å². The van der Waals surface area contributed by atoms with Crippen LogP contribution in [0.25, 0.3) is 0 Å². The highest BCUT2D eigenvalue weighted by atomic mass is 16.7. The zero-order valence-electron chi connectivity index (χ0n) is 10.6. The van der Waals surface area contributed by atoms with Crippen molar-refractivity contribution in [2.75, 3.05) is 13.9 Å². The van der Waals surface area contributed by atoms with Crippen molar-refractivity contribution in [2.45, 2.75) is 32.8 Å². The van der Waals surface area contributed by atoms with Crippen LogP contribution in [0.15, 0.2) is 10.5 Å². The third-order valence-electron chi connectivity index (χ3n) is 2.16. The molecule has 0 spiro atoms. The molecule has 5 nitrogen and oxygen atoms in total. The molecule has 96 valence electrons. The van der Waals surface area contributed by atoms with Crippen LogP contribution in [0.5, 0.6) is 0 Å². The molecule has 0 fully saturated rings. The molecule has 0 radical (unpaired) electrons. The Morgan fingerprint density at radius 3 is 2.59 bits per heavy atom. The van der Waals surface area contributed by atoms with Crippen LogP contribution in [-0.2, 0) is 21.5 Å². The SMILES string of the molecule is COCOCc1cc(C(=O)O)oc1C(C)(C)C. The van der Waals surface area contributed by atoms with Crippen LogP contribution < -0.4 is 0 Å². The maximum atomic E-state index is 10.9. The fourth-order valence-electron chi connectivity index (χ4n) is 1.51. The minimum absolute atomic E-state index is 0.0639. The number of carboxylic acid groups (broad SMARTS) is 1. The van der Waals surface area contributed by atoms with Crippen molar-refractivity contribution >= 4 is 5.97 Å². The maximum absolute atomic E-state index is 10.9. The fraction of sp³-hybridized carbons (Fsp3) is 0.583. The monoisotopic (exact) mass is 242 g/mol. The minimum atomic E-state index is -1.08. The lowest BCUT2D eigenvalue weighted by molar-refractivity contribution is -0.0396. The molecular formula is C12H18O5. The molecule has 1 aromatic heterocycles. The van der Waals surface area contributed by atoms with Crippen molar-refractivity contribution < 1.29 is 23.8 Å². The van der Waals surface area contributed by atoms with E-state index in [1.165, 1.54) is 13.2 Å². The van der Waals surface area contributed by atoms with Crippen molar-refractivity contribution in [2.24, 2.45) is 0 Å². The van der Waals surface area contributed by atoms with Crippen LogP contribution in [0.4, 0.5) is 0 Å². The number of carbonyl (C=O) groups is 1. The van der Waals surface area contributed by atoms with E-state index >= 15 is 0 Å². The van der Waals surface area contributed by atoms with Crippen LogP contribution in [0, 0.1) is 0 Å². The first-order valence-electron chi connectivity index (χ1n) is 5.29. The molecule has 0 saturated heterocycles. The van der Waals surface area contributed by atoms with Gasteiger partial charge in [-0.25, -0.2) is 4.79 Å². The van der Waals surface area contributed by atoms with Gasteiger partial charge in [-0.05, 0) is 6.07 Å². The van der Waals surface area contributed by atoms with Gasteiger partial charge in [0.25, 0.3) is 0 Å². The highest BCUT2D eigenvalue weighted by molar-refractivity contribution is 5.84. The zero-order valence-corrected chi connectivity index (χ0v) is 10.6. The molecule has 0 saturated carbocycles. The summed E-state index contributed by atoms with van der Waals surface area (Å²) in [4.78, 5) is 10.9. The van der Waals surface area contributed by atoms with Gasteiger partial charge in [-0.2, -0.15) is 0 Å². The van der Waals surface area contributed by atoms with Gasteiger partial charge in [-0.15, -0.1) is 0 Å². The Hall–Kier alpha value is -1.33. The number of hydrogen-bond acceptors (Lipinski definition) is 4. The predicted molar refractivity (Wildman–Crippen MR) is 61.0 cm³/mol. The summed E-state index contributed by atoms with van der Waals surface area (Å²) in [5, 5.41) is 8.90. The summed E-state index contributed by atoms with van der Waals surface area (Å²) in [7, 11) is 1.53. The van der Waals surface area contributed by atoms with Crippen molar-refractivity contribution in [3.8, 4) is 0 Å². The van der Waals surface area contributed by atoms with Crippen molar-refractivity contribution in [3.05, 3.63) is 23.2 Å². The van der Waals surface area contributed by atoms with E-state index in [1.54, 1.807) is 0 Å². The first-order valence-corrected chi connectivity index (χ1v) is 5.29. The lowest BCUT2D eigenvalue weighted by Gasteiger charge is -2.17. The predicted octanol–water partition coefficient (Wildman–Crippen LogP) is 2.40. The van der Waals surface area contributed by atoms with Crippen molar-refractivity contribution in [3.63, 3.8) is 0 Å². The van der Waals surface area contributed by atoms with Crippen LogP contribution in [0.2, 0.25) is 0 Å². The second kappa shape index (κ2) is 5.33. The highest BCUT2D eigenvalue weighted by Gasteiger charge is 2.25. The van der Waals surface area contributed by atoms with Gasteiger partial charge >= 0.3 is 5.97 Å². The smallest absolute Gasteiger partial charge is 0.371 e. The first-order chi connectivity index (χ1) is 7.86. The molecule has 1 N–H and O–H groups in total. The van der Waals surface area contributed by atoms with E-state index in [9.17, 15) is 4.79 Å². The summed E-state index contributed by atoms with van der Waals surface area (Å²) in [6.07, 6.45) is 0. The van der Waals surface area contributed by atoms with Crippen molar-refractivity contribution in [1.82, 2.24) is 0 Å². The first kappa shape index (κ1) is 13.7. The molecule has 0 aromatic carbocycles. The molecule has 0 bridgehead atoms. The molecule has 0 aliphatic heterocycles. The number of rotatable bonds is 5. The lowest BCUT2D eigenvalue weighted by atomic mass is 9.91. The summed E-state index contributed by atoms with van der Waals surface area (Å²) in [5.74, 6) is -0.509. The molecule has 1 aromatic rings. The summed E-state index contributed by atoms with van der Waals surface area (Å²) < 4.78 is 15.3. The number of ether oxygens (including phenoxy) is 2. The summed E-state index contributed by atoms with van der Waals surface area (Å²) >= 11 is 0. The lowest BCUT2D eigenvalue weighted by Crippen LogP contribution is -2.13. The van der Waals surface area contributed by atoms with E-state index < -0.39 is 5.97 Å². The Morgan fingerprint density at radius 1 is 1.47 bits per heavy atom. The molecule has 0 unspecified atom stereocenters. The van der Waals surface area contributed by atoms with Gasteiger partial charge in [0.2, 0.25) is 5.76 Å². The summed E-state index contributed by atoms with van der Waals surface area (Å²) in [6.45, 7) is 6.31. The van der Waals surface area contributed by atoms with Gasteiger partial charge in [0.15, 0.2) is 0 Å².